The van der Waals surface area contributed by atoms with Crippen LogP contribution in [0.2, 0.25) is 0 Å². The lowest BCUT2D eigenvalue weighted by Crippen LogP contribution is -2.49. The van der Waals surface area contributed by atoms with E-state index >= 15 is 0 Å². The van der Waals surface area contributed by atoms with E-state index in [9.17, 15) is 9.59 Å². The molecule has 26 heavy (non-hydrogen) atoms. The third kappa shape index (κ3) is 5.33. The molecule has 0 saturated carbocycles. The number of benzene rings is 1. The quantitative estimate of drug-likeness (QED) is 0.452. The van der Waals surface area contributed by atoms with E-state index in [1.165, 1.54) is 0 Å². The van der Waals surface area contributed by atoms with E-state index in [0.717, 1.165) is 5.56 Å². The van der Waals surface area contributed by atoms with Gasteiger partial charge in [-0.2, -0.15) is 0 Å². The lowest BCUT2D eigenvalue weighted by atomic mass is 9.66. The molecular weight excluding hydrogens is 328 g/mol. The highest BCUT2D eigenvalue weighted by Gasteiger charge is 2.55. The zero-order valence-corrected chi connectivity index (χ0v) is 17.2. The van der Waals surface area contributed by atoms with Crippen molar-refractivity contribution in [3.8, 4) is 0 Å². The van der Waals surface area contributed by atoms with Gasteiger partial charge in [-0.15, -0.1) is 0 Å². The van der Waals surface area contributed by atoms with Gasteiger partial charge in [0.2, 0.25) is 0 Å². The van der Waals surface area contributed by atoms with Gasteiger partial charge in [-0.05, 0) is 52.0 Å². The Morgan fingerprint density at radius 2 is 1.35 bits per heavy atom. The summed E-state index contributed by atoms with van der Waals surface area (Å²) >= 11 is 0. The van der Waals surface area contributed by atoms with Crippen LogP contribution in [-0.2, 0) is 19.1 Å². The maximum absolute atomic E-state index is 13.3. The van der Waals surface area contributed by atoms with Crippen LogP contribution < -0.4 is 0 Å². The lowest BCUT2D eigenvalue weighted by Gasteiger charge is -2.38. The molecule has 0 spiro atoms. The molecule has 1 rings (SSSR count). The third-order valence-corrected chi connectivity index (χ3v) is 4.35. The fraction of sp³-hybridized carbons (Fsp3) is 0.636. The van der Waals surface area contributed by atoms with Crippen LogP contribution in [0.25, 0.3) is 0 Å². The van der Waals surface area contributed by atoms with E-state index in [1.807, 2.05) is 51.1 Å². The monoisotopic (exact) mass is 362 g/mol. The van der Waals surface area contributed by atoms with Crippen molar-refractivity contribution >= 4 is 11.9 Å². The molecule has 0 saturated heterocycles. The third-order valence-electron chi connectivity index (χ3n) is 4.35. The molecular formula is C22H34O4. The topological polar surface area (TPSA) is 52.6 Å². The molecule has 0 amide bonds. The molecule has 146 valence electrons. The molecule has 0 aliphatic rings. The fourth-order valence-corrected chi connectivity index (χ4v) is 3.51. The molecule has 1 aromatic rings. The van der Waals surface area contributed by atoms with Crippen LogP contribution in [0.15, 0.2) is 30.3 Å². The van der Waals surface area contributed by atoms with Crippen molar-refractivity contribution in [3.63, 3.8) is 0 Å². The summed E-state index contributed by atoms with van der Waals surface area (Å²) in [4.78, 5) is 26.6. The maximum atomic E-state index is 13.3. The maximum Gasteiger partial charge on any atom is 0.324 e. The van der Waals surface area contributed by atoms with Gasteiger partial charge in [-0.1, -0.05) is 51.1 Å². The Bertz CT molecular complexity index is 553. The Hall–Kier alpha value is -1.84. The zero-order valence-electron chi connectivity index (χ0n) is 17.2. The highest BCUT2D eigenvalue weighted by atomic mass is 16.6. The van der Waals surface area contributed by atoms with Gasteiger partial charge in [0.1, 0.15) is 0 Å². The number of hydrogen-bond donors (Lipinski definition) is 0. The number of carbonyl (C=O) groups excluding carboxylic acids is 2. The average Bonchev–Trinajstić information content (AvgIpc) is 2.53. The number of hydrogen-bond acceptors (Lipinski definition) is 4. The minimum atomic E-state index is -1.35. The highest BCUT2D eigenvalue weighted by molar-refractivity contribution is 6.01. The normalized spacial score (nSPS) is 13.2. The van der Waals surface area contributed by atoms with Gasteiger partial charge >= 0.3 is 11.9 Å². The molecule has 0 aliphatic heterocycles. The van der Waals surface area contributed by atoms with E-state index in [0.29, 0.717) is 12.8 Å². The van der Waals surface area contributed by atoms with Crippen LogP contribution >= 0.6 is 0 Å². The van der Waals surface area contributed by atoms with Crippen LogP contribution in [-0.4, -0.2) is 24.1 Å². The molecule has 0 aromatic heterocycles. The number of ether oxygens (including phenoxy) is 2. The second-order valence-corrected chi connectivity index (χ2v) is 7.85. The SMILES string of the molecule is CCC(c1ccccc1)C(CC(C)C)(C(=O)OC(C)C)C(=O)OC(C)C. The second kappa shape index (κ2) is 9.75. The summed E-state index contributed by atoms with van der Waals surface area (Å²) in [5, 5.41) is 0. The van der Waals surface area contributed by atoms with Crippen molar-refractivity contribution in [1.82, 2.24) is 0 Å². The molecule has 4 heteroatoms. The summed E-state index contributed by atoms with van der Waals surface area (Å²) in [6, 6.07) is 9.72. The molecule has 0 radical (unpaired) electrons. The van der Waals surface area contributed by atoms with Gasteiger partial charge in [0, 0.05) is 5.92 Å². The average molecular weight is 363 g/mol. The van der Waals surface area contributed by atoms with E-state index in [2.05, 4.69) is 0 Å². The molecule has 0 bridgehead atoms. The molecule has 4 nitrogen and oxygen atoms in total. The van der Waals surface area contributed by atoms with Gasteiger partial charge in [0.15, 0.2) is 5.41 Å². The van der Waals surface area contributed by atoms with Gasteiger partial charge in [-0.3, -0.25) is 9.59 Å². The summed E-state index contributed by atoms with van der Waals surface area (Å²) in [5.74, 6) is -1.14. The van der Waals surface area contributed by atoms with Crippen molar-refractivity contribution in [3.05, 3.63) is 35.9 Å². The Balaban J connectivity index is 3.57. The van der Waals surface area contributed by atoms with Crippen molar-refractivity contribution in [2.75, 3.05) is 0 Å². The van der Waals surface area contributed by atoms with E-state index in [-0.39, 0.29) is 24.0 Å². The van der Waals surface area contributed by atoms with Gasteiger partial charge in [0.05, 0.1) is 12.2 Å². The second-order valence-electron chi connectivity index (χ2n) is 7.85. The first kappa shape index (κ1) is 22.2. The minimum absolute atomic E-state index is 0.132. The van der Waals surface area contributed by atoms with E-state index < -0.39 is 17.4 Å². The van der Waals surface area contributed by atoms with Gasteiger partial charge < -0.3 is 9.47 Å². The molecule has 1 aromatic carbocycles. The van der Waals surface area contributed by atoms with Crippen LogP contribution in [0.5, 0.6) is 0 Å². The summed E-state index contributed by atoms with van der Waals surface area (Å²) in [6.07, 6.45) is 0.428. The van der Waals surface area contributed by atoms with Crippen molar-refractivity contribution in [1.29, 1.82) is 0 Å². The first-order valence-electron chi connectivity index (χ1n) is 9.62. The molecule has 1 atom stereocenters. The van der Waals surface area contributed by atoms with Crippen molar-refractivity contribution in [2.24, 2.45) is 11.3 Å². The summed E-state index contributed by atoms with van der Waals surface area (Å²) in [5.41, 5.74) is -0.393. The van der Waals surface area contributed by atoms with Crippen molar-refractivity contribution < 1.29 is 19.1 Å². The van der Waals surface area contributed by atoms with Gasteiger partial charge in [-0.25, -0.2) is 0 Å². The summed E-state index contributed by atoms with van der Waals surface area (Å²) < 4.78 is 11.2. The number of carbonyl (C=O) groups is 2. The van der Waals surface area contributed by atoms with Crippen LogP contribution in [0.4, 0.5) is 0 Å². The Kier molecular flexibility index (Phi) is 8.32. The first-order valence-corrected chi connectivity index (χ1v) is 9.62. The Morgan fingerprint density at radius 3 is 1.69 bits per heavy atom. The molecule has 0 N–H and O–H groups in total. The molecule has 1 unspecified atom stereocenters. The number of rotatable bonds is 9. The summed E-state index contributed by atoms with van der Waals surface area (Å²) in [6.45, 7) is 13.2. The predicted octanol–water partition coefficient (Wildman–Crippen LogP) is 5.12. The Labute approximate surface area is 158 Å². The number of esters is 2. The predicted molar refractivity (Wildman–Crippen MR) is 104 cm³/mol. The largest absolute Gasteiger partial charge is 0.462 e. The van der Waals surface area contributed by atoms with Crippen LogP contribution in [0, 0.1) is 11.3 Å². The Morgan fingerprint density at radius 1 is 0.885 bits per heavy atom. The van der Waals surface area contributed by atoms with Gasteiger partial charge in [0.25, 0.3) is 0 Å². The lowest BCUT2D eigenvalue weighted by molar-refractivity contribution is -0.181. The first-order chi connectivity index (χ1) is 12.1. The van der Waals surface area contributed by atoms with E-state index in [1.54, 1.807) is 27.7 Å². The minimum Gasteiger partial charge on any atom is -0.462 e. The van der Waals surface area contributed by atoms with Crippen LogP contribution in [0.1, 0.15) is 72.8 Å². The standard InChI is InChI=1S/C22H34O4/c1-8-19(18-12-10-9-11-13-18)22(14-15(2)3,20(23)25-16(4)5)21(24)26-17(6)7/h9-13,15-17,19H,8,14H2,1-7H3. The molecule has 0 heterocycles. The molecule has 0 aliphatic carbocycles. The van der Waals surface area contributed by atoms with E-state index in [4.69, 9.17) is 9.47 Å². The van der Waals surface area contributed by atoms with Crippen molar-refractivity contribution in [2.45, 2.75) is 79.4 Å². The van der Waals surface area contributed by atoms with Crippen LogP contribution in [0.3, 0.4) is 0 Å². The summed E-state index contributed by atoms with van der Waals surface area (Å²) in [7, 11) is 0. The fourth-order valence-electron chi connectivity index (χ4n) is 3.51. The zero-order chi connectivity index (χ0) is 19.9. The molecule has 0 fully saturated rings. The highest BCUT2D eigenvalue weighted by Crippen LogP contribution is 2.46. The smallest absolute Gasteiger partial charge is 0.324 e.